The van der Waals surface area contributed by atoms with Gasteiger partial charge in [0.1, 0.15) is 0 Å². The number of aromatic amines is 1. The predicted molar refractivity (Wildman–Crippen MR) is 78.8 cm³/mol. The van der Waals surface area contributed by atoms with Crippen molar-refractivity contribution in [1.82, 2.24) is 9.55 Å². The number of rotatable bonds is 2. The first-order valence-corrected chi connectivity index (χ1v) is 7.55. The first-order valence-electron chi connectivity index (χ1n) is 5.88. The van der Waals surface area contributed by atoms with E-state index < -0.39 is 0 Å². The van der Waals surface area contributed by atoms with Crippen molar-refractivity contribution in [2.24, 2.45) is 0 Å². The van der Waals surface area contributed by atoms with Crippen molar-refractivity contribution in [3.8, 4) is 0 Å². The Morgan fingerprint density at radius 2 is 2.16 bits per heavy atom. The number of halogens is 1. The van der Waals surface area contributed by atoms with Crippen molar-refractivity contribution in [2.45, 2.75) is 23.1 Å². The maximum atomic E-state index is 11.9. The van der Waals surface area contributed by atoms with Crippen LogP contribution < -0.4 is 11.2 Å². The summed E-state index contributed by atoms with van der Waals surface area (Å²) in [5.41, 5.74) is 0.655. The van der Waals surface area contributed by atoms with Gasteiger partial charge < -0.3 is 4.98 Å². The molecule has 0 spiro atoms. The molecule has 0 bridgehead atoms. The zero-order valence-corrected chi connectivity index (χ0v) is 12.3. The molecule has 3 rings (SSSR count). The van der Waals surface area contributed by atoms with E-state index in [4.69, 9.17) is 0 Å². The highest BCUT2D eigenvalue weighted by molar-refractivity contribution is 9.10. The highest BCUT2D eigenvalue weighted by atomic mass is 79.9. The van der Waals surface area contributed by atoms with Gasteiger partial charge in [0.25, 0.3) is 5.56 Å². The second-order valence-corrected chi connectivity index (χ2v) is 6.61. The second kappa shape index (κ2) is 5.02. The summed E-state index contributed by atoms with van der Waals surface area (Å²) in [5, 5.41) is 0.227. The zero-order valence-electron chi connectivity index (χ0n) is 9.93. The summed E-state index contributed by atoms with van der Waals surface area (Å²) in [7, 11) is 0. The molecule has 4 nitrogen and oxygen atoms in total. The van der Waals surface area contributed by atoms with Gasteiger partial charge in [-0.1, -0.05) is 18.2 Å². The smallest absolute Gasteiger partial charge is 0.313 e. The van der Waals surface area contributed by atoms with Gasteiger partial charge in [0.15, 0.2) is 0 Å². The molecule has 2 heterocycles. The van der Waals surface area contributed by atoms with E-state index in [1.54, 1.807) is 11.8 Å². The molecule has 0 fully saturated rings. The molecule has 1 aromatic heterocycles. The third kappa shape index (κ3) is 2.42. The van der Waals surface area contributed by atoms with Crippen LogP contribution >= 0.6 is 27.7 Å². The van der Waals surface area contributed by atoms with Crippen molar-refractivity contribution in [3.63, 3.8) is 0 Å². The monoisotopic (exact) mass is 338 g/mol. The highest BCUT2D eigenvalue weighted by Gasteiger charge is 2.23. The van der Waals surface area contributed by atoms with Gasteiger partial charge in [-0.2, -0.15) is 0 Å². The van der Waals surface area contributed by atoms with Crippen LogP contribution in [-0.2, 0) is 13.0 Å². The molecule has 1 unspecified atom stereocenters. The minimum atomic E-state index is -0.357. The van der Waals surface area contributed by atoms with Gasteiger partial charge in [0.2, 0.25) is 0 Å². The van der Waals surface area contributed by atoms with Crippen molar-refractivity contribution >= 4 is 27.7 Å². The number of fused-ring (bicyclic) bond motifs is 1. The van der Waals surface area contributed by atoms with Gasteiger partial charge in [-0.15, -0.1) is 11.8 Å². The normalized spacial score (nSPS) is 17.4. The van der Waals surface area contributed by atoms with Crippen LogP contribution in [0.5, 0.6) is 0 Å². The van der Waals surface area contributed by atoms with Crippen molar-refractivity contribution in [1.29, 1.82) is 0 Å². The summed E-state index contributed by atoms with van der Waals surface area (Å²) < 4.78 is 1.64. The van der Waals surface area contributed by atoms with Gasteiger partial charge in [-0.05, 0) is 34.0 Å². The van der Waals surface area contributed by atoms with Crippen LogP contribution in [0.1, 0.15) is 5.56 Å². The fourth-order valence-corrected chi connectivity index (χ4v) is 3.85. The molecule has 0 saturated heterocycles. The first kappa shape index (κ1) is 12.7. The Kier molecular flexibility index (Phi) is 3.36. The fraction of sp³-hybridized carbons (Fsp3) is 0.231. The molecular formula is C13H11BrN2O2S. The third-order valence-electron chi connectivity index (χ3n) is 3.12. The van der Waals surface area contributed by atoms with E-state index in [1.807, 2.05) is 12.1 Å². The fourth-order valence-electron chi connectivity index (χ4n) is 2.21. The molecule has 1 aliphatic rings. The molecule has 1 aromatic carbocycles. The lowest BCUT2D eigenvalue weighted by atomic mass is 10.1. The Hall–Kier alpha value is -1.27. The quantitative estimate of drug-likeness (QED) is 0.911. The lowest BCUT2D eigenvalue weighted by Crippen LogP contribution is -2.37. The van der Waals surface area contributed by atoms with E-state index in [0.29, 0.717) is 11.0 Å². The van der Waals surface area contributed by atoms with Crippen LogP contribution in [0.3, 0.4) is 0 Å². The molecule has 0 amide bonds. The van der Waals surface area contributed by atoms with Crippen LogP contribution in [-0.4, -0.2) is 14.8 Å². The average molecular weight is 339 g/mol. The number of nitrogens with zero attached hydrogens (tertiary/aromatic N) is 1. The number of hydrogen-bond acceptors (Lipinski definition) is 3. The summed E-state index contributed by atoms with van der Waals surface area (Å²) in [6, 6.07) is 8.19. The summed E-state index contributed by atoms with van der Waals surface area (Å²) in [6.07, 6.45) is 2.27. The molecule has 0 saturated carbocycles. The molecule has 19 heavy (non-hydrogen) atoms. The lowest BCUT2D eigenvalue weighted by Gasteiger charge is -2.10. The van der Waals surface area contributed by atoms with E-state index in [-0.39, 0.29) is 16.5 Å². The van der Waals surface area contributed by atoms with Crippen LogP contribution in [0.2, 0.25) is 0 Å². The molecule has 1 atom stereocenters. The molecule has 0 aliphatic carbocycles. The van der Waals surface area contributed by atoms with Crippen molar-refractivity contribution in [3.05, 3.63) is 61.3 Å². The number of benzene rings is 1. The lowest BCUT2D eigenvalue weighted by molar-refractivity contribution is 0.604. The number of thioether (sulfide) groups is 1. The van der Waals surface area contributed by atoms with E-state index >= 15 is 0 Å². The molecule has 6 heteroatoms. The Balaban J connectivity index is 1.88. The van der Waals surface area contributed by atoms with Crippen LogP contribution in [0.15, 0.2) is 49.4 Å². The Bertz CT molecular complexity index is 713. The third-order valence-corrected chi connectivity index (χ3v) is 4.99. The summed E-state index contributed by atoms with van der Waals surface area (Å²) >= 11 is 4.87. The second-order valence-electron chi connectivity index (χ2n) is 4.41. The predicted octanol–water partition coefficient (Wildman–Crippen LogP) is 2.02. The van der Waals surface area contributed by atoms with E-state index in [2.05, 4.69) is 33.0 Å². The summed E-state index contributed by atoms with van der Waals surface area (Å²) in [4.78, 5) is 27.5. The van der Waals surface area contributed by atoms with Crippen LogP contribution in [0.25, 0.3) is 0 Å². The van der Waals surface area contributed by atoms with E-state index in [0.717, 1.165) is 6.42 Å². The van der Waals surface area contributed by atoms with Gasteiger partial charge >= 0.3 is 5.69 Å². The summed E-state index contributed by atoms with van der Waals surface area (Å²) in [5.74, 6) is 0. The standard InChI is InChI=1S/C13H11BrN2O2S/c14-10-6-15-13(18)16(12(10)17)7-9-5-8-3-1-2-4-11(8)19-9/h1-4,6,9H,5,7H2,(H,15,18). The first-order chi connectivity index (χ1) is 9.15. The molecule has 1 aliphatic heterocycles. The minimum absolute atomic E-state index is 0.227. The Morgan fingerprint density at radius 1 is 1.37 bits per heavy atom. The molecule has 0 radical (unpaired) electrons. The van der Waals surface area contributed by atoms with Crippen molar-refractivity contribution < 1.29 is 0 Å². The van der Waals surface area contributed by atoms with Crippen molar-refractivity contribution in [2.75, 3.05) is 0 Å². The maximum absolute atomic E-state index is 11.9. The van der Waals surface area contributed by atoms with Gasteiger partial charge in [-0.25, -0.2) is 4.79 Å². The number of hydrogen-bond donors (Lipinski definition) is 1. The van der Waals surface area contributed by atoms with Crippen LogP contribution in [0.4, 0.5) is 0 Å². The molecule has 98 valence electrons. The largest absolute Gasteiger partial charge is 0.328 e. The SMILES string of the molecule is O=c1[nH]cc(Br)c(=O)n1CC1Cc2ccccc2S1. The molecule has 1 N–H and O–H groups in total. The Labute approximate surface area is 122 Å². The Morgan fingerprint density at radius 3 is 2.95 bits per heavy atom. The van der Waals surface area contributed by atoms with Gasteiger partial charge in [0, 0.05) is 22.9 Å². The topological polar surface area (TPSA) is 54.9 Å². The van der Waals surface area contributed by atoms with E-state index in [9.17, 15) is 9.59 Å². The number of H-pyrrole nitrogens is 1. The average Bonchev–Trinajstić information content (AvgIpc) is 2.81. The van der Waals surface area contributed by atoms with E-state index in [1.165, 1.54) is 21.2 Å². The number of aromatic nitrogens is 2. The van der Waals surface area contributed by atoms with Crippen LogP contribution in [0, 0.1) is 0 Å². The molecule has 2 aromatic rings. The highest BCUT2D eigenvalue weighted by Crippen LogP contribution is 2.37. The minimum Gasteiger partial charge on any atom is -0.313 e. The van der Waals surface area contributed by atoms with Gasteiger partial charge in [-0.3, -0.25) is 9.36 Å². The zero-order chi connectivity index (χ0) is 13.4. The maximum Gasteiger partial charge on any atom is 0.328 e. The molecular weight excluding hydrogens is 328 g/mol. The summed E-state index contributed by atoms with van der Waals surface area (Å²) in [6.45, 7) is 0.424. The van der Waals surface area contributed by atoms with Gasteiger partial charge in [0.05, 0.1) is 4.47 Å². The number of nitrogens with one attached hydrogen (secondary N) is 1.